The lowest BCUT2D eigenvalue weighted by Crippen LogP contribution is -2.29. The van der Waals surface area contributed by atoms with E-state index in [9.17, 15) is 8.42 Å². The van der Waals surface area contributed by atoms with E-state index in [0.29, 0.717) is 16.7 Å². The summed E-state index contributed by atoms with van der Waals surface area (Å²) in [5.41, 5.74) is 6.07. The molecule has 1 unspecified atom stereocenters. The molecule has 0 heterocycles. The number of benzene rings is 1. The van der Waals surface area contributed by atoms with Gasteiger partial charge in [0.25, 0.3) is 0 Å². The molecule has 1 aromatic carbocycles. The number of hydrogen-bond donors (Lipinski definition) is 2. The Kier molecular flexibility index (Phi) is 5.97. The Balaban J connectivity index is 3.10. The molecule has 0 aliphatic carbocycles. The Hall–Kier alpha value is -0.440. The fourth-order valence-electron chi connectivity index (χ4n) is 1.31. The van der Waals surface area contributed by atoms with Crippen LogP contribution in [-0.2, 0) is 10.0 Å². The predicted molar refractivity (Wildman–Crippen MR) is 83.3 cm³/mol. The molecule has 1 rings (SSSR count). The number of halogens is 1. The summed E-state index contributed by atoms with van der Waals surface area (Å²) in [5, 5.41) is 0.188. The summed E-state index contributed by atoms with van der Waals surface area (Å²) in [6.45, 7) is 2.29. The van der Waals surface area contributed by atoms with Gasteiger partial charge in [0.05, 0.1) is 7.11 Å². The molecule has 0 aliphatic rings. The van der Waals surface area contributed by atoms with Gasteiger partial charge in [0.2, 0.25) is 10.0 Å². The maximum absolute atomic E-state index is 12.2. The minimum atomic E-state index is -3.64. The largest absolute Gasteiger partial charge is 0.495 e. The van der Waals surface area contributed by atoms with Crippen molar-refractivity contribution >= 4 is 43.4 Å². The predicted octanol–water partition coefficient (Wildman–Crippen LogP) is 2.07. The lowest BCUT2D eigenvalue weighted by molar-refractivity contribution is 0.402. The lowest BCUT2D eigenvalue weighted by atomic mass is 10.3. The van der Waals surface area contributed by atoms with E-state index in [4.69, 9.17) is 10.5 Å². The number of rotatable bonds is 6. The number of nitrogens with two attached hydrogens (primary N) is 1. The van der Waals surface area contributed by atoms with Gasteiger partial charge >= 0.3 is 0 Å². The quantitative estimate of drug-likeness (QED) is 0.751. The van der Waals surface area contributed by atoms with Crippen LogP contribution in [0.1, 0.15) is 6.92 Å². The highest BCUT2D eigenvalue weighted by molar-refractivity contribution is 9.10. The molecule has 8 heteroatoms. The van der Waals surface area contributed by atoms with Crippen LogP contribution >= 0.6 is 27.7 Å². The lowest BCUT2D eigenvalue weighted by Gasteiger charge is -2.14. The van der Waals surface area contributed by atoms with E-state index in [-0.39, 0.29) is 15.9 Å². The SMILES string of the molecule is COc1cc(Br)c(N)cc1S(=O)(=O)NCC(C)SC. The summed E-state index contributed by atoms with van der Waals surface area (Å²) in [7, 11) is -2.22. The average molecular weight is 369 g/mol. The number of hydrogen-bond acceptors (Lipinski definition) is 5. The number of thioether (sulfide) groups is 1. The summed E-state index contributed by atoms with van der Waals surface area (Å²) >= 11 is 4.82. The van der Waals surface area contributed by atoms with Gasteiger partial charge in [0.1, 0.15) is 10.6 Å². The molecule has 19 heavy (non-hydrogen) atoms. The van der Waals surface area contributed by atoms with Crippen molar-refractivity contribution in [1.82, 2.24) is 4.72 Å². The summed E-state index contributed by atoms with van der Waals surface area (Å²) in [6.07, 6.45) is 1.93. The van der Waals surface area contributed by atoms with Gasteiger partial charge in [0, 0.05) is 22.0 Å². The minimum Gasteiger partial charge on any atom is -0.495 e. The van der Waals surface area contributed by atoms with E-state index in [1.807, 2.05) is 13.2 Å². The van der Waals surface area contributed by atoms with Crippen molar-refractivity contribution in [2.75, 3.05) is 25.6 Å². The number of anilines is 1. The van der Waals surface area contributed by atoms with Gasteiger partial charge in [-0.3, -0.25) is 0 Å². The monoisotopic (exact) mass is 368 g/mol. The van der Waals surface area contributed by atoms with Crippen molar-refractivity contribution < 1.29 is 13.2 Å². The average Bonchev–Trinajstić information content (AvgIpc) is 2.38. The Morgan fingerprint density at radius 1 is 1.53 bits per heavy atom. The van der Waals surface area contributed by atoms with Crippen LogP contribution in [0.15, 0.2) is 21.5 Å². The van der Waals surface area contributed by atoms with Crippen LogP contribution in [0.5, 0.6) is 5.75 Å². The van der Waals surface area contributed by atoms with Crippen molar-refractivity contribution in [2.45, 2.75) is 17.1 Å². The number of nitrogen functional groups attached to an aromatic ring is 1. The maximum Gasteiger partial charge on any atom is 0.244 e. The third-order valence-electron chi connectivity index (χ3n) is 2.54. The molecule has 0 spiro atoms. The first kappa shape index (κ1) is 16.6. The van der Waals surface area contributed by atoms with Crippen molar-refractivity contribution in [3.8, 4) is 5.75 Å². The van der Waals surface area contributed by atoms with Gasteiger partial charge in [-0.15, -0.1) is 0 Å². The molecule has 0 saturated heterocycles. The molecule has 0 aliphatic heterocycles. The number of sulfonamides is 1. The molecule has 108 valence electrons. The summed E-state index contributed by atoms with van der Waals surface area (Å²) < 4.78 is 32.7. The van der Waals surface area contributed by atoms with Crippen LogP contribution in [0.25, 0.3) is 0 Å². The minimum absolute atomic E-state index is 0.0454. The highest BCUT2D eigenvalue weighted by Crippen LogP contribution is 2.32. The topological polar surface area (TPSA) is 81.4 Å². The van der Waals surface area contributed by atoms with Gasteiger partial charge in [-0.05, 0) is 34.3 Å². The van der Waals surface area contributed by atoms with Crippen LogP contribution < -0.4 is 15.2 Å². The normalized spacial score (nSPS) is 13.3. The second-order valence-corrected chi connectivity index (χ2v) is 7.79. The third kappa shape index (κ3) is 4.27. The summed E-state index contributed by atoms with van der Waals surface area (Å²) in [5.74, 6) is 0.255. The molecule has 5 nitrogen and oxygen atoms in total. The van der Waals surface area contributed by atoms with E-state index in [1.165, 1.54) is 13.2 Å². The van der Waals surface area contributed by atoms with Crippen LogP contribution in [0.2, 0.25) is 0 Å². The molecule has 0 bridgehead atoms. The Bertz CT molecular complexity index is 549. The zero-order chi connectivity index (χ0) is 14.6. The zero-order valence-electron chi connectivity index (χ0n) is 10.9. The Labute approximate surface area is 126 Å². The molecule has 1 aromatic rings. The standard InChI is InChI=1S/C11H17BrN2O3S2/c1-7(18-3)6-14-19(15,16)11-5-9(13)8(12)4-10(11)17-2/h4-5,7,14H,6,13H2,1-3H3. The molecule has 0 radical (unpaired) electrons. The molecule has 0 fully saturated rings. The molecular weight excluding hydrogens is 352 g/mol. The van der Waals surface area contributed by atoms with Crippen LogP contribution in [-0.4, -0.2) is 33.6 Å². The molecule has 0 saturated carbocycles. The Morgan fingerprint density at radius 2 is 2.16 bits per heavy atom. The van der Waals surface area contributed by atoms with Crippen LogP contribution in [0.4, 0.5) is 5.69 Å². The fraction of sp³-hybridized carbons (Fsp3) is 0.455. The second-order valence-electron chi connectivity index (χ2n) is 3.92. The first-order valence-electron chi connectivity index (χ1n) is 5.47. The molecule has 3 N–H and O–H groups in total. The summed E-state index contributed by atoms with van der Waals surface area (Å²) in [6, 6.07) is 2.93. The van der Waals surface area contributed by atoms with E-state index >= 15 is 0 Å². The fourth-order valence-corrected chi connectivity index (χ4v) is 3.30. The Morgan fingerprint density at radius 3 is 2.68 bits per heavy atom. The highest BCUT2D eigenvalue weighted by atomic mass is 79.9. The van der Waals surface area contributed by atoms with E-state index in [2.05, 4.69) is 20.7 Å². The van der Waals surface area contributed by atoms with Gasteiger partial charge in [-0.2, -0.15) is 11.8 Å². The van der Waals surface area contributed by atoms with Crippen molar-refractivity contribution in [1.29, 1.82) is 0 Å². The maximum atomic E-state index is 12.2. The second kappa shape index (κ2) is 6.83. The van der Waals surface area contributed by atoms with Gasteiger partial charge in [0.15, 0.2) is 0 Å². The number of nitrogens with one attached hydrogen (secondary N) is 1. The van der Waals surface area contributed by atoms with Crippen molar-refractivity contribution in [3.63, 3.8) is 0 Å². The van der Waals surface area contributed by atoms with Crippen LogP contribution in [0.3, 0.4) is 0 Å². The van der Waals surface area contributed by atoms with E-state index in [0.717, 1.165) is 0 Å². The molecule has 0 amide bonds. The molecule has 1 atom stereocenters. The first-order chi connectivity index (χ1) is 8.81. The molecule has 0 aromatic heterocycles. The van der Waals surface area contributed by atoms with Gasteiger partial charge in [-0.1, -0.05) is 6.92 Å². The van der Waals surface area contributed by atoms with Gasteiger partial charge in [-0.25, -0.2) is 13.1 Å². The zero-order valence-corrected chi connectivity index (χ0v) is 14.2. The first-order valence-corrected chi connectivity index (χ1v) is 9.03. The number of methoxy groups -OCH3 is 1. The van der Waals surface area contributed by atoms with Crippen LogP contribution in [0, 0.1) is 0 Å². The van der Waals surface area contributed by atoms with Gasteiger partial charge < -0.3 is 10.5 Å². The van der Waals surface area contributed by atoms with E-state index < -0.39 is 10.0 Å². The van der Waals surface area contributed by atoms with Crippen molar-refractivity contribution in [2.24, 2.45) is 0 Å². The van der Waals surface area contributed by atoms with E-state index in [1.54, 1.807) is 17.8 Å². The third-order valence-corrected chi connectivity index (χ3v) is 5.64. The molecular formula is C11H17BrN2O3S2. The smallest absolute Gasteiger partial charge is 0.244 e. The number of ether oxygens (including phenoxy) is 1. The highest BCUT2D eigenvalue weighted by Gasteiger charge is 2.21. The van der Waals surface area contributed by atoms with Crippen molar-refractivity contribution in [3.05, 3.63) is 16.6 Å². The summed E-state index contributed by atoms with van der Waals surface area (Å²) in [4.78, 5) is 0.0454.